The van der Waals surface area contributed by atoms with Crippen LogP contribution in [-0.2, 0) is 21.3 Å². The largest absolute Gasteiger partial charge is 0.464 e. The maximum absolute atomic E-state index is 11.7. The standard InChI is InChI=1S/C13H19N3O4/c1-13(2,3)20-12(18)15-10(11(17)19-5)6-9-7-14-16(4)8-9/h6-8H,1-5H3,(H,15,18). The summed E-state index contributed by atoms with van der Waals surface area (Å²) in [6.07, 6.45) is 3.99. The molecule has 0 aliphatic carbocycles. The number of ether oxygens (including phenoxy) is 2. The van der Waals surface area contributed by atoms with Crippen LogP contribution < -0.4 is 5.32 Å². The number of esters is 1. The van der Waals surface area contributed by atoms with Crippen LogP contribution in [0.25, 0.3) is 6.08 Å². The molecule has 0 bridgehead atoms. The van der Waals surface area contributed by atoms with Gasteiger partial charge in [0.1, 0.15) is 11.3 Å². The molecule has 0 radical (unpaired) electrons. The maximum atomic E-state index is 11.7. The van der Waals surface area contributed by atoms with Crippen molar-refractivity contribution in [2.75, 3.05) is 7.11 Å². The van der Waals surface area contributed by atoms with E-state index in [0.717, 1.165) is 0 Å². The predicted octanol–water partition coefficient (Wildman–Crippen LogP) is 1.46. The Kier molecular flexibility index (Phi) is 4.90. The molecule has 0 aliphatic rings. The first-order valence-corrected chi connectivity index (χ1v) is 6.00. The SMILES string of the molecule is COC(=O)C(=Cc1cnn(C)c1)NC(=O)OC(C)(C)C. The third kappa shape index (κ3) is 5.13. The van der Waals surface area contributed by atoms with Crippen LogP contribution in [0.4, 0.5) is 4.79 Å². The van der Waals surface area contributed by atoms with Crippen LogP contribution in [0.3, 0.4) is 0 Å². The second-order valence-corrected chi connectivity index (χ2v) is 5.12. The van der Waals surface area contributed by atoms with E-state index in [9.17, 15) is 9.59 Å². The lowest BCUT2D eigenvalue weighted by molar-refractivity contribution is -0.136. The number of aryl methyl sites for hydroxylation is 1. The van der Waals surface area contributed by atoms with Crippen molar-refractivity contribution < 1.29 is 19.1 Å². The van der Waals surface area contributed by atoms with E-state index in [1.165, 1.54) is 13.2 Å². The minimum absolute atomic E-state index is 0.0187. The van der Waals surface area contributed by atoms with Crippen molar-refractivity contribution in [2.24, 2.45) is 7.05 Å². The molecule has 1 aromatic heterocycles. The highest BCUT2D eigenvalue weighted by Gasteiger charge is 2.20. The third-order valence-electron chi connectivity index (χ3n) is 2.08. The molecular weight excluding hydrogens is 262 g/mol. The Balaban J connectivity index is 2.88. The van der Waals surface area contributed by atoms with Gasteiger partial charge in [0, 0.05) is 18.8 Å². The first-order valence-electron chi connectivity index (χ1n) is 6.00. The number of aromatic nitrogens is 2. The van der Waals surface area contributed by atoms with Crippen molar-refractivity contribution in [1.29, 1.82) is 0 Å². The second kappa shape index (κ2) is 6.23. The van der Waals surface area contributed by atoms with E-state index >= 15 is 0 Å². The highest BCUT2D eigenvalue weighted by molar-refractivity contribution is 5.96. The molecule has 0 fully saturated rings. The molecule has 7 nitrogen and oxygen atoms in total. The van der Waals surface area contributed by atoms with Gasteiger partial charge in [-0.15, -0.1) is 0 Å². The summed E-state index contributed by atoms with van der Waals surface area (Å²) in [5.41, 5.74) is -0.0155. The molecule has 1 N–H and O–H groups in total. The van der Waals surface area contributed by atoms with Gasteiger partial charge in [-0.2, -0.15) is 5.10 Å². The third-order valence-corrected chi connectivity index (χ3v) is 2.08. The lowest BCUT2D eigenvalue weighted by Gasteiger charge is -2.20. The number of amides is 1. The Bertz CT molecular complexity index is 526. The molecular formula is C13H19N3O4. The minimum Gasteiger partial charge on any atom is -0.464 e. The summed E-state index contributed by atoms with van der Waals surface area (Å²) >= 11 is 0. The zero-order valence-electron chi connectivity index (χ0n) is 12.3. The number of hydrogen-bond donors (Lipinski definition) is 1. The fourth-order valence-corrected chi connectivity index (χ4v) is 1.35. The summed E-state index contributed by atoms with van der Waals surface area (Å²) in [4.78, 5) is 23.3. The average molecular weight is 281 g/mol. The van der Waals surface area contributed by atoms with Gasteiger partial charge in [-0.1, -0.05) is 0 Å². The second-order valence-electron chi connectivity index (χ2n) is 5.12. The van der Waals surface area contributed by atoms with Gasteiger partial charge in [0.25, 0.3) is 0 Å². The lowest BCUT2D eigenvalue weighted by atomic mass is 10.2. The first-order chi connectivity index (χ1) is 9.21. The van der Waals surface area contributed by atoms with Gasteiger partial charge in [0.15, 0.2) is 0 Å². The summed E-state index contributed by atoms with van der Waals surface area (Å²) in [6.45, 7) is 5.19. The summed E-state index contributed by atoms with van der Waals surface area (Å²) in [6, 6.07) is 0. The number of nitrogens with zero attached hydrogens (tertiary/aromatic N) is 2. The number of hydrogen-bond acceptors (Lipinski definition) is 5. The van der Waals surface area contributed by atoms with Crippen LogP contribution in [0, 0.1) is 0 Å². The molecule has 0 unspecified atom stereocenters. The van der Waals surface area contributed by atoms with Gasteiger partial charge in [-0.05, 0) is 26.8 Å². The number of carbonyl (C=O) groups is 2. The molecule has 20 heavy (non-hydrogen) atoms. The molecule has 1 rings (SSSR count). The molecule has 110 valence electrons. The monoisotopic (exact) mass is 281 g/mol. The first kappa shape index (κ1) is 15.7. The fraction of sp³-hybridized carbons (Fsp3) is 0.462. The molecule has 0 atom stereocenters. The zero-order valence-corrected chi connectivity index (χ0v) is 12.3. The Labute approximate surface area is 117 Å². The van der Waals surface area contributed by atoms with E-state index in [0.29, 0.717) is 5.56 Å². The highest BCUT2D eigenvalue weighted by atomic mass is 16.6. The summed E-state index contributed by atoms with van der Waals surface area (Å²) in [5.74, 6) is -0.667. The number of rotatable bonds is 3. The summed E-state index contributed by atoms with van der Waals surface area (Å²) in [7, 11) is 2.98. The van der Waals surface area contributed by atoms with E-state index in [-0.39, 0.29) is 5.70 Å². The van der Waals surface area contributed by atoms with E-state index in [2.05, 4.69) is 15.2 Å². The van der Waals surface area contributed by atoms with E-state index < -0.39 is 17.7 Å². The van der Waals surface area contributed by atoms with E-state index in [1.807, 2.05) is 0 Å². The number of carbonyl (C=O) groups excluding carboxylic acids is 2. The predicted molar refractivity (Wildman–Crippen MR) is 72.6 cm³/mol. The van der Waals surface area contributed by atoms with Crippen molar-refractivity contribution >= 4 is 18.1 Å². The molecule has 1 heterocycles. The maximum Gasteiger partial charge on any atom is 0.412 e. The van der Waals surface area contributed by atoms with Crippen molar-refractivity contribution in [3.05, 3.63) is 23.7 Å². The molecule has 0 aliphatic heterocycles. The summed E-state index contributed by atoms with van der Waals surface area (Å²) < 4.78 is 11.3. The molecule has 0 saturated heterocycles. The average Bonchev–Trinajstić information content (AvgIpc) is 2.70. The quantitative estimate of drug-likeness (QED) is 0.670. The van der Waals surface area contributed by atoms with Crippen molar-refractivity contribution in [3.8, 4) is 0 Å². The van der Waals surface area contributed by atoms with E-state index in [1.54, 1.807) is 44.9 Å². The van der Waals surface area contributed by atoms with Crippen LogP contribution in [-0.4, -0.2) is 34.6 Å². The Morgan fingerprint density at radius 1 is 1.40 bits per heavy atom. The Morgan fingerprint density at radius 2 is 2.05 bits per heavy atom. The van der Waals surface area contributed by atoms with E-state index in [4.69, 9.17) is 4.74 Å². The van der Waals surface area contributed by atoms with Gasteiger partial charge in [0.05, 0.1) is 13.3 Å². The summed E-state index contributed by atoms with van der Waals surface area (Å²) in [5, 5.41) is 6.34. The molecule has 0 spiro atoms. The van der Waals surface area contributed by atoms with Crippen molar-refractivity contribution in [2.45, 2.75) is 26.4 Å². The van der Waals surface area contributed by atoms with Crippen LogP contribution in [0.15, 0.2) is 18.1 Å². The van der Waals surface area contributed by atoms with Crippen LogP contribution >= 0.6 is 0 Å². The topological polar surface area (TPSA) is 82.5 Å². The van der Waals surface area contributed by atoms with Gasteiger partial charge in [0.2, 0.25) is 0 Å². The van der Waals surface area contributed by atoms with Gasteiger partial charge < -0.3 is 9.47 Å². The molecule has 1 amide bonds. The molecule has 0 aromatic carbocycles. The Hall–Kier alpha value is -2.31. The normalized spacial score (nSPS) is 11.9. The smallest absolute Gasteiger partial charge is 0.412 e. The molecule has 1 aromatic rings. The highest BCUT2D eigenvalue weighted by Crippen LogP contribution is 2.09. The Morgan fingerprint density at radius 3 is 2.50 bits per heavy atom. The number of alkyl carbamates (subject to hydrolysis) is 1. The fourth-order valence-electron chi connectivity index (χ4n) is 1.35. The van der Waals surface area contributed by atoms with Crippen LogP contribution in [0.2, 0.25) is 0 Å². The van der Waals surface area contributed by atoms with Gasteiger partial charge in [-0.3, -0.25) is 10.00 Å². The van der Waals surface area contributed by atoms with Crippen molar-refractivity contribution in [1.82, 2.24) is 15.1 Å². The molecule has 0 saturated carbocycles. The van der Waals surface area contributed by atoms with Gasteiger partial charge >= 0.3 is 12.1 Å². The van der Waals surface area contributed by atoms with Gasteiger partial charge in [-0.25, -0.2) is 9.59 Å². The van der Waals surface area contributed by atoms with Crippen LogP contribution in [0.1, 0.15) is 26.3 Å². The zero-order chi connectivity index (χ0) is 15.3. The van der Waals surface area contributed by atoms with Crippen LogP contribution in [0.5, 0.6) is 0 Å². The van der Waals surface area contributed by atoms with Crippen molar-refractivity contribution in [3.63, 3.8) is 0 Å². The molecule has 7 heteroatoms. The minimum atomic E-state index is -0.724. The number of nitrogens with one attached hydrogen (secondary N) is 1. The lowest BCUT2D eigenvalue weighted by Crippen LogP contribution is -2.34. The number of methoxy groups -OCH3 is 1.